The third-order valence-corrected chi connectivity index (χ3v) is 5.93. The average Bonchev–Trinajstić information content (AvgIpc) is 3.33. The predicted octanol–water partition coefficient (Wildman–Crippen LogP) is 4.83. The molecule has 0 spiro atoms. The van der Waals surface area contributed by atoms with Gasteiger partial charge in [0.25, 0.3) is 5.89 Å². The lowest BCUT2D eigenvalue weighted by atomic mass is 9.94. The summed E-state index contributed by atoms with van der Waals surface area (Å²) in [5, 5.41) is 7.29. The van der Waals surface area contributed by atoms with Crippen molar-refractivity contribution < 1.29 is 18.8 Å². The summed E-state index contributed by atoms with van der Waals surface area (Å²) in [5.74, 6) is 2.04. The average molecular weight is 449 g/mol. The van der Waals surface area contributed by atoms with E-state index < -0.39 is 6.04 Å². The van der Waals surface area contributed by atoms with Crippen LogP contribution in [-0.2, 0) is 6.42 Å². The Morgan fingerprint density at radius 3 is 2.42 bits per heavy atom. The zero-order valence-corrected chi connectivity index (χ0v) is 19.5. The van der Waals surface area contributed by atoms with Crippen LogP contribution in [-0.4, -0.2) is 41.8 Å². The molecule has 3 aromatic rings. The van der Waals surface area contributed by atoms with E-state index in [0.717, 1.165) is 28.8 Å². The van der Waals surface area contributed by atoms with E-state index in [1.165, 1.54) is 5.56 Å². The first kappa shape index (κ1) is 22.4. The number of hydrogen-bond donors (Lipinski definition) is 1. The van der Waals surface area contributed by atoms with Gasteiger partial charge in [-0.3, -0.25) is 4.90 Å². The molecule has 1 aliphatic rings. The van der Waals surface area contributed by atoms with Crippen molar-refractivity contribution in [1.82, 2.24) is 20.4 Å². The maximum absolute atomic E-state index is 12.8. The van der Waals surface area contributed by atoms with Crippen molar-refractivity contribution in [3.8, 4) is 22.9 Å². The molecule has 1 N–H and O–H groups in total. The number of nitrogens with zero attached hydrogens (tertiary/aromatic N) is 3. The molecule has 2 heterocycles. The Labute approximate surface area is 193 Å². The van der Waals surface area contributed by atoms with Crippen LogP contribution in [0.3, 0.4) is 0 Å². The van der Waals surface area contributed by atoms with E-state index in [2.05, 4.69) is 34.5 Å². The van der Waals surface area contributed by atoms with Gasteiger partial charge in [0.15, 0.2) is 11.5 Å². The Hall–Kier alpha value is -3.81. The number of aryl methyl sites for hydroxylation is 1. The lowest BCUT2D eigenvalue weighted by Gasteiger charge is -2.34. The minimum atomic E-state index is -0.490. The van der Waals surface area contributed by atoms with E-state index in [1.807, 2.05) is 44.2 Å². The molecule has 1 aromatic heterocycles. The minimum Gasteiger partial charge on any atom is -0.493 e. The number of allylic oxidation sites excluding steroid dienone is 1. The predicted molar refractivity (Wildman–Crippen MR) is 125 cm³/mol. The molecule has 2 amide bonds. The molecule has 33 heavy (non-hydrogen) atoms. The van der Waals surface area contributed by atoms with E-state index in [1.54, 1.807) is 19.1 Å². The molecule has 0 bridgehead atoms. The molecule has 172 valence electrons. The Balaban J connectivity index is 1.79. The second kappa shape index (κ2) is 9.36. The number of hydrogen-bond acceptors (Lipinski definition) is 6. The maximum Gasteiger partial charge on any atom is 0.322 e. The summed E-state index contributed by atoms with van der Waals surface area (Å²) in [5.41, 5.74) is 4.43. The molecule has 0 radical (unpaired) electrons. The van der Waals surface area contributed by atoms with Crippen molar-refractivity contribution in [3.05, 3.63) is 65.2 Å². The molecule has 8 heteroatoms. The van der Waals surface area contributed by atoms with E-state index >= 15 is 0 Å². The van der Waals surface area contributed by atoms with Gasteiger partial charge in [0.1, 0.15) is 0 Å². The Bertz CT molecular complexity index is 1180. The Kier molecular flexibility index (Phi) is 6.35. The third kappa shape index (κ3) is 4.16. The van der Waals surface area contributed by atoms with Crippen LogP contribution in [0.4, 0.5) is 4.79 Å². The number of ether oxygens (including phenoxy) is 2. The van der Waals surface area contributed by atoms with Gasteiger partial charge < -0.3 is 19.3 Å². The highest BCUT2D eigenvalue weighted by Crippen LogP contribution is 2.39. The lowest BCUT2D eigenvalue weighted by molar-refractivity contribution is 0.207. The molecule has 0 saturated heterocycles. The molecule has 0 saturated carbocycles. The highest BCUT2D eigenvalue weighted by molar-refractivity contribution is 5.87. The Morgan fingerprint density at radius 1 is 1.06 bits per heavy atom. The Morgan fingerprint density at radius 2 is 1.79 bits per heavy atom. The molecule has 8 nitrogen and oxygen atoms in total. The van der Waals surface area contributed by atoms with E-state index in [4.69, 9.17) is 14.0 Å². The summed E-state index contributed by atoms with van der Waals surface area (Å²) < 4.78 is 16.5. The molecule has 1 unspecified atom stereocenters. The van der Waals surface area contributed by atoms with Crippen LogP contribution in [0.5, 0.6) is 11.5 Å². The monoisotopic (exact) mass is 448 g/mol. The number of urea groups is 1. The third-order valence-electron chi connectivity index (χ3n) is 5.93. The fourth-order valence-electron chi connectivity index (χ4n) is 4.06. The number of carbonyl (C=O) groups excluding carboxylic acids is 1. The summed E-state index contributed by atoms with van der Waals surface area (Å²) in [7, 11) is 3.16. The standard InChI is InChI=1S/C25H28N4O4/c1-6-16-8-10-17(11-9-16)23-27-24(33-28-23)21-15(3)29(7-2)25(30)26-22(21)18-12-13-19(31-4)20(14-18)32-5/h8-14,22H,6-7H2,1-5H3,(H,26,30). The van der Waals surface area contributed by atoms with Gasteiger partial charge in [-0.2, -0.15) is 4.98 Å². The first-order chi connectivity index (χ1) is 16.0. The minimum absolute atomic E-state index is 0.187. The number of carbonyl (C=O) groups is 1. The SMILES string of the molecule is CCc1ccc(-c2noc(C3=C(C)N(CC)C(=O)NC3c3ccc(OC)c(OC)c3)n2)cc1. The molecule has 0 aliphatic carbocycles. The molecule has 1 aliphatic heterocycles. The summed E-state index contributed by atoms with van der Waals surface area (Å²) in [4.78, 5) is 19.2. The largest absolute Gasteiger partial charge is 0.493 e. The van der Waals surface area contributed by atoms with Crippen LogP contribution in [0.2, 0.25) is 0 Å². The van der Waals surface area contributed by atoms with Gasteiger partial charge in [-0.1, -0.05) is 42.4 Å². The van der Waals surface area contributed by atoms with E-state index in [0.29, 0.717) is 29.8 Å². The summed E-state index contributed by atoms with van der Waals surface area (Å²) in [6.07, 6.45) is 0.962. The molecule has 0 fully saturated rings. The van der Waals surface area contributed by atoms with Gasteiger partial charge in [0, 0.05) is 17.8 Å². The number of aromatic nitrogens is 2. The van der Waals surface area contributed by atoms with Crippen molar-refractivity contribution in [2.75, 3.05) is 20.8 Å². The van der Waals surface area contributed by atoms with Crippen LogP contribution in [0.15, 0.2) is 52.7 Å². The summed E-state index contributed by atoms with van der Waals surface area (Å²) in [6.45, 7) is 6.44. The van der Waals surface area contributed by atoms with Crippen LogP contribution >= 0.6 is 0 Å². The van der Waals surface area contributed by atoms with E-state index in [9.17, 15) is 4.79 Å². The first-order valence-corrected chi connectivity index (χ1v) is 10.9. The van der Waals surface area contributed by atoms with Gasteiger partial charge in [-0.25, -0.2) is 4.79 Å². The summed E-state index contributed by atoms with van der Waals surface area (Å²) in [6, 6.07) is 13.0. The zero-order chi connectivity index (χ0) is 23.5. The summed E-state index contributed by atoms with van der Waals surface area (Å²) >= 11 is 0. The van der Waals surface area contributed by atoms with Gasteiger partial charge in [0.2, 0.25) is 5.82 Å². The number of amides is 2. The highest BCUT2D eigenvalue weighted by Gasteiger charge is 2.35. The molecular weight excluding hydrogens is 420 g/mol. The first-order valence-electron chi connectivity index (χ1n) is 10.9. The van der Waals surface area contributed by atoms with Crippen molar-refractivity contribution in [1.29, 1.82) is 0 Å². The van der Waals surface area contributed by atoms with Crippen molar-refractivity contribution in [3.63, 3.8) is 0 Å². The van der Waals surface area contributed by atoms with Crippen LogP contribution in [0.1, 0.15) is 43.8 Å². The molecular formula is C25H28N4O4. The molecule has 4 rings (SSSR count). The normalized spacial score (nSPS) is 16.1. The topological polar surface area (TPSA) is 89.7 Å². The van der Waals surface area contributed by atoms with Crippen molar-refractivity contribution in [2.45, 2.75) is 33.2 Å². The van der Waals surface area contributed by atoms with Crippen molar-refractivity contribution >= 4 is 11.6 Å². The smallest absolute Gasteiger partial charge is 0.322 e. The van der Waals surface area contributed by atoms with Crippen LogP contribution in [0, 0.1) is 0 Å². The number of nitrogens with one attached hydrogen (secondary N) is 1. The van der Waals surface area contributed by atoms with Gasteiger partial charge in [-0.05, 0) is 43.5 Å². The fourth-order valence-corrected chi connectivity index (χ4v) is 4.06. The second-order valence-corrected chi connectivity index (χ2v) is 7.71. The van der Waals surface area contributed by atoms with Crippen LogP contribution < -0.4 is 14.8 Å². The number of benzene rings is 2. The van der Waals surface area contributed by atoms with Gasteiger partial charge >= 0.3 is 6.03 Å². The van der Waals surface area contributed by atoms with Gasteiger partial charge in [-0.15, -0.1) is 0 Å². The lowest BCUT2D eigenvalue weighted by Crippen LogP contribution is -2.45. The van der Waals surface area contributed by atoms with Crippen LogP contribution in [0.25, 0.3) is 17.0 Å². The highest BCUT2D eigenvalue weighted by atomic mass is 16.5. The number of methoxy groups -OCH3 is 2. The van der Waals surface area contributed by atoms with E-state index in [-0.39, 0.29) is 6.03 Å². The zero-order valence-electron chi connectivity index (χ0n) is 19.5. The van der Waals surface area contributed by atoms with Crippen molar-refractivity contribution in [2.24, 2.45) is 0 Å². The quantitative estimate of drug-likeness (QED) is 0.557. The van der Waals surface area contributed by atoms with Gasteiger partial charge in [0.05, 0.1) is 25.8 Å². The molecule has 2 aromatic carbocycles. The fraction of sp³-hybridized carbons (Fsp3) is 0.320. The second-order valence-electron chi connectivity index (χ2n) is 7.71. The molecule has 1 atom stereocenters. The maximum atomic E-state index is 12.8. The number of rotatable bonds is 7.